The second-order valence-corrected chi connectivity index (χ2v) is 6.98. The topological polar surface area (TPSA) is 39.7 Å². The molecule has 0 spiro atoms. The molecule has 4 nitrogen and oxygen atoms in total. The summed E-state index contributed by atoms with van der Waals surface area (Å²) in [4.78, 5) is 8.44. The van der Waals surface area contributed by atoms with Gasteiger partial charge in [0.05, 0.1) is 6.04 Å². The predicted molar refractivity (Wildman–Crippen MR) is 90.0 cm³/mol. The lowest BCUT2D eigenvalue weighted by Gasteiger charge is -2.31. The van der Waals surface area contributed by atoms with Crippen LogP contribution in [-0.2, 0) is 0 Å². The lowest BCUT2D eigenvalue weighted by Crippen LogP contribution is -2.48. The number of hydrogen-bond donors (Lipinski definition) is 2. The highest BCUT2D eigenvalue weighted by molar-refractivity contribution is 7.10. The molecule has 0 amide bonds. The molecule has 0 aromatic carbocycles. The molecule has 1 atom stereocenters. The van der Waals surface area contributed by atoms with Gasteiger partial charge >= 0.3 is 0 Å². The van der Waals surface area contributed by atoms with Crippen molar-refractivity contribution in [3.8, 4) is 0 Å². The highest BCUT2D eigenvalue weighted by atomic mass is 32.1. The van der Waals surface area contributed by atoms with Crippen molar-refractivity contribution in [2.75, 3.05) is 26.7 Å². The Kier molecular flexibility index (Phi) is 5.14. The minimum atomic E-state index is 0.479. The molecule has 2 fully saturated rings. The van der Waals surface area contributed by atoms with E-state index in [1.807, 2.05) is 18.4 Å². The van der Waals surface area contributed by atoms with Gasteiger partial charge in [-0.15, -0.1) is 11.3 Å². The molecule has 1 aliphatic heterocycles. The van der Waals surface area contributed by atoms with Crippen LogP contribution >= 0.6 is 11.3 Å². The van der Waals surface area contributed by atoms with Gasteiger partial charge in [-0.2, -0.15) is 0 Å². The zero-order valence-electron chi connectivity index (χ0n) is 12.8. The molecule has 21 heavy (non-hydrogen) atoms. The molecule has 1 aromatic heterocycles. The summed E-state index contributed by atoms with van der Waals surface area (Å²) in [6.45, 7) is 3.38. The molecule has 2 heterocycles. The smallest absolute Gasteiger partial charge is 0.191 e. The van der Waals surface area contributed by atoms with Crippen LogP contribution in [0.15, 0.2) is 22.5 Å². The number of rotatable bonds is 5. The van der Waals surface area contributed by atoms with Crippen LogP contribution in [0.4, 0.5) is 0 Å². The van der Waals surface area contributed by atoms with Crippen molar-refractivity contribution in [1.82, 2.24) is 15.5 Å². The summed E-state index contributed by atoms with van der Waals surface area (Å²) in [7, 11) is 1.87. The fraction of sp³-hybridized carbons (Fsp3) is 0.688. The third-order valence-corrected chi connectivity index (χ3v) is 5.56. The first-order valence-electron chi connectivity index (χ1n) is 8.11. The minimum absolute atomic E-state index is 0.479. The molecule has 116 valence electrons. The average Bonchev–Trinajstić information content (AvgIpc) is 3.13. The minimum Gasteiger partial charge on any atom is -0.354 e. The SMILES string of the molecule is CN=C(NCC(c1cccs1)N1CCCC1)NC1CCC1. The lowest BCUT2D eigenvalue weighted by atomic mass is 9.93. The normalized spacial score (nSPS) is 22.0. The number of nitrogens with one attached hydrogen (secondary N) is 2. The molecule has 1 unspecified atom stereocenters. The maximum absolute atomic E-state index is 4.37. The van der Waals surface area contributed by atoms with Crippen molar-refractivity contribution in [2.24, 2.45) is 4.99 Å². The molecule has 1 aromatic rings. The molecular formula is C16H26N4S. The number of hydrogen-bond acceptors (Lipinski definition) is 3. The van der Waals surface area contributed by atoms with E-state index in [9.17, 15) is 0 Å². The first-order valence-corrected chi connectivity index (χ1v) is 8.99. The van der Waals surface area contributed by atoms with Crippen LogP contribution in [0.1, 0.15) is 43.0 Å². The zero-order chi connectivity index (χ0) is 14.5. The van der Waals surface area contributed by atoms with Gasteiger partial charge in [-0.1, -0.05) is 6.07 Å². The van der Waals surface area contributed by atoms with Gasteiger partial charge in [-0.25, -0.2) is 0 Å². The van der Waals surface area contributed by atoms with Crippen LogP contribution in [-0.4, -0.2) is 43.6 Å². The fourth-order valence-corrected chi connectivity index (χ4v) is 3.94. The molecule has 5 heteroatoms. The summed E-state index contributed by atoms with van der Waals surface area (Å²) in [6.07, 6.45) is 6.57. The number of aliphatic imine (C=N–C) groups is 1. The van der Waals surface area contributed by atoms with Crippen molar-refractivity contribution in [3.63, 3.8) is 0 Å². The summed E-state index contributed by atoms with van der Waals surface area (Å²) in [5, 5.41) is 9.24. The lowest BCUT2D eigenvalue weighted by molar-refractivity contribution is 0.248. The Hall–Kier alpha value is -1.07. The molecule has 0 radical (unpaired) electrons. The summed E-state index contributed by atoms with van der Waals surface area (Å²) in [5.41, 5.74) is 0. The van der Waals surface area contributed by atoms with E-state index >= 15 is 0 Å². The van der Waals surface area contributed by atoms with Crippen LogP contribution in [0.5, 0.6) is 0 Å². The molecule has 3 rings (SSSR count). The van der Waals surface area contributed by atoms with Crippen molar-refractivity contribution in [3.05, 3.63) is 22.4 Å². The monoisotopic (exact) mass is 306 g/mol. The quantitative estimate of drug-likeness (QED) is 0.649. The largest absolute Gasteiger partial charge is 0.354 e. The molecule has 2 aliphatic rings. The van der Waals surface area contributed by atoms with Gasteiger partial charge in [0, 0.05) is 24.5 Å². The first kappa shape index (κ1) is 14.9. The summed E-state index contributed by atoms with van der Waals surface area (Å²) in [6, 6.07) is 5.53. The van der Waals surface area contributed by atoms with E-state index in [1.165, 1.54) is 50.1 Å². The van der Waals surface area contributed by atoms with E-state index in [0.717, 1.165) is 12.5 Å². The highest BCUT2D eigenvalue weighted by Gasteiger charge is 2.25. The molecule has 0 bridgehead atoms. The van der Waals surface area contributed by atoms with Crippen LogP contribution in [0.25, 0.3) is 0 Å². The van der Waals surface area contributed by atoms with Gasteiger partial charge in [0.15, 0.2) is 5.96 Å². The van der Waals surface area contributed by atoms with Crippen molar-refractivity contribution in [1.29, 1.82) is 0 Å². The maximum atomic E-state index is 4.37. The summed E-state index contributed by atoms with van der Waals surface area (Å²) < 4.78 is 0. The Labute approximate surface area is 131 Å². The van der Waals surface area contributed by atoms with E-state index in [1.54, 1.807) is 0 Å². The molecule has 1 saturated heterocycles. The Morgan fingerprint density at radius 1 is 1.38 bits per heavy atom. The summed E-state index contributed by atoms with van der Waals surface area (Å²) >= 11 is 1.86. The predicted octanol–water partition coefficient (Wildman–Crippen LogP) is 2.60. The van der Waals surface area contributed by atoms with E-state index in [-0.39, 0.29) is 0 Å². The third kappa shape index (κ3) is 3.77. The Bertz CT molecular complexity index is 447. The number of nitrogens with zero attached hydrogens (tertiary/aromatic N) is 2. The highest BCUT2D eigenvalue weighted by Crippen LogP contribution is 2.27. The number of guanidine groups is 1. The first-order chi connectivity index (χ1) is 10.4. The van der Waals surface area contributed by atoms with E-state index in [4.69, 9.17) is 0 Å². The molecule has 1 aliphatic carbocycles. The van der Waals surface area contributed by atoms with Gasteiger partial charge in [0.25, 0.3) is 0 Å². The third-order valence-electron chi connectivity index (χ3n) is 4.59. The van der Waals surface area contributed by atoms with E-state index in [2.05, 4.69) is 38.0 Å². The van der Waals surface area contributed by atoms with Gasteiger partial charge in [-0.05, 0) is 56.6 Å². The van der Waals surface area contributed by atoms with Gasteiger partial charge < -0.3 is 10.6 Å². The van der Waals surface area contributed by atoms with Crippen LogP contribution in [0, 0.1) is 0 Å². The van der Waals surface area contributed by atoms with Crippen molar-refractivity contribution >= 4 is 17.3 Å². The van der Waals surface area contributed by atoms with Gasteiger partial charge in [-0.3, -0.25) is 9.89 Å². The molecule has 1 saturated carbocycles. The Morgan fingerprint density at radius 2 is 2.19 bits per heavy atom. The van der Waals surface area contributed by atoms with Gasteiger partial charge in [0.2, 0.25) is 0 Å². The van der Waals surface area contributed by atoms with E-state index in [0.29, 0.717) is 12.1 Å². The van der Waals surface area contributed by atoms with Crippen LogP contribution in [0.2, 0.25) is 0 Å². The second kappa shape index (κ2) is 7.27. The Morgan fingerprint density at radius 3 is 2.76 bits per heavy atom. The van der Waals surface area contributed by atoms with Crippen LogP contribution in [0.3, 0.4) is 0 Å². The Balaban J connectivity index is 1.58. The van der Waals surface area contributed by atoms with Crippen molar-refractivity contribution < 1.29 is 0 Å². The van der Waals surface area contributed by atoms with E-state index < -0.39 is 0 Å². The van der Waals surface area contributed by atoms with Crippen LogP contribution < -0.4 is 10.6 Å². The second-order valence-electron chi connectivity index (χ2n) is 6.00. The van der Waals surface area contributed by atoms with Crippen molar-refractivity contribution in [2.45, 2.75) is 44.2 Å². The number of likely N-dealkylation sites (tertiary alicyclic amines) is 1. The average molecular weight is 306 g/mol. The molecular weight excluding hydrogens is 280 g/mol. The fourth-order valence-electron chi connectivity index (χ4n) is 3.08. The van der Waals surface area contributed by atoms with Gasteiger partial charge in [0.1, 0.15) is 0 Å². The number of thiophene rings is 1. The zero-order valence-corrected chi connectivity index (χ0v) is 13.7. The molecule has 2 N–H and O–H groups in total. The summed E-state index contributed by atoms with van der Waals surface area (Å²) in [5.74, 6) is 0.959. The standard InChI is InChI=1S/C16H26N4S/c1-17-16(19-13-6-4-7-13)18-12-14(15-8-5-11-21-15)20-9-2-3-10-20/h5,8,11,13-14H,2-4,6-7,9-10,12H2,1H3,(H2,17,18,19). The maximum Gasteiger partial charge on any atom is 0.191 e.